The van der Waals surface area contributed by atoms with Crippen molar-refractivity contribution >= 4 is 24.0 Å². The summed E-state index contributed by atoms with van der Waals surface area (Å²) in [5.41, 5.74) is 1.84. The lowest BCUT2D eigenvalue weighted by Crippen LogP contribution is -2.35. The molecular formula is C19H28N2O8. The first-order valence-corrected chi connectivity index (χ1v) is 9.03. The normalized spacial score (nSPS) is 11.9. The number of amides is 2. The molecule has 2 amide bonds. The van der Waals surface area contributed by atoms with Crippen LogP contribution in [-0.4, -0.2) is 77.8 Å². The molecule has 10 heteroatoms. The first kappa shape index (κ1) is 24.5. The number of carbonyl (C=O) groups excluding carboxylic acids is 3. The first-order valence-electron chi connectivity index (χ1n) is 9.03. The maximum Gasteiger partial charge on any atom is 0.411 e. The van der Waals surface area contributed by atoms with Crippen molar-refractivity contribution in [2.24, 2.45) is 5.92 Å². The SMILES string of the molecule is Cc1c(C=O)c(C)c(C(=O)NCC(O)CO)c(C)c1NC(=O)OCC(CO)CO. The average molecular weight is 412 g/mol. The largest absolute Gasteiger partial charge is 0.449 e. The van der Waals surface area contributed by atoms with Gasteiger partial charge in [-0.15, -0.1) is 0 Å². The second-order valence-electron chi connectivity index (χ2n) is 6.66. The smallest absolute Gasteiger partial charge is 0.411 e. The lowest BCUT2D eigenvalue weighted by Gasteiger charge is -2.21. The van der Waals surface area contributed by atoms with E-state index in [0.29, 0.717) is 23.0 Å². The molecule has 29 heavy (non-hydrogen) atoms. The fourth-order valence-electron chi connectivity index (χ4n) is 2.80. The zero-order chi connectivity index (χ0) is 22.1. The van der Waals surface area contributed by atoms with E-state index in [-0.39, 0.29) is 43.2 Å². The molecule has 0 bridgehead atoms. The summed E-state index contributed by atoms with van der Waals surface area (Å²) in [6, 6.07) is 0. The van der Waals surface area contributed by atoms with Gasteiger partial charge in [-0.1, -0.05) is 0 Å². The van der Waals surface area contributed by atoms with Crippen LogP contribution in [0, 0.1) is 26.7 Å². The van der Waals surface area contributed by atoms with Crippen molar-refractivity contribution in [3.8, 4) is 0 Å². The van der Waals surface area contributed by atoms with Crippen LogP contribution in [0.2, 0.25) is 0 Å². The Hall–Kier alpha value is -2.53. The Morgan fingerprint density at radius 3 is 2.17 bits per heavy atom. The van der Waals surface area contributed by atoms with Crippen molar-refractivity contribution < 1.29 is 39.5 Å². The predicted octanol–water partition coefficient (Wildman–Crippen LogP) is -0.343. The molecule has 1 aromatic rings. The third kappa shape index (κ3) is 6.23. The maximum atomic E-state index is 12.6. The van der Waals surface area contributed by atoms with Gasteiger partial charge in [0, 0.05) is 23.6 Å². The Kier molecular flexibility index (Phi) is 9.69. The summed E-state index contributed by atoms with van der Waals surface area (Å²) in [6.45, 7) is 3.16. The monoisotopic (exact) mass is 412 g/mol. The number of rotatable bonds is 10. The number of aldehydes is 1. The second kappa shape index (κ2) is 11.5. The van der Waals surface area contributed by atoms with Gasteiger partial charge in [-0.05, 0) is 37.5 Å². The molecule has 0 heterocycles. The van der Waals surface area contributed by atoms with Gasteiger partial charge in [0.1, 0.15) is 6.61 Å². The van der Waals surface area contributed by atoms with Gasteiger partial charge in [0.05, 0.1) is 31.6 Å². The second-order valence-corrected chi connectivity index (χ2v) is 6.66. The Labute approximate surface area is 168 Å². The molecule has 1 aromatic carbocycles. The fraction of sp³-hybridized carbons (Fsp3) is 0.526. The molecule has 0 spiro atoms. The molecule has 0 aliphatic rings. The molecule has 0 aliphatic carbocycles. The van der Waals surface area contributed by atoms with Gasteiger partial charge in [0.2, 0.25) is 0 Å². The third-order valence-corrected chi connectivity index (χ3v) is 4.56. The molecule has 0 fully saturated rings. The van der Waals surface area contributed by atoms with Crippen molar-refractivity contribution in [1.29, 1.82) is 0 Å². The molecule has 0 aromatic heterocycles. The van der Waals surface area contributed by atoms with Crippen LogP contribution in [0.4, 0.5) is 10.5 Å². The first-order chi connectivity index (χ1) is 13.7. The number of carbonyl (C=O) groups is 3. The number of ether oxygens (including phenoxy) is 1. The molecule has 10 nitrogen and oxygen atoms in total. The van der Waals surface area contributed by atoms with E-state index in [0.717, 1.165) is 0 Å². The highest BCUT2D eigenvalue weighted by Crippen LogP contribution is 2.30. The van der Waals surface area contributed by atoms with Crippen molar-refractivity contribution in [3.05, 3.63) is 27.8 Å². The molecule has 0 aliphatic heterocycles. The number of hydrogen-bond donors (Lipinski definition) is 6. The van der Waals surface area contributed by atoms with Crippen LogP contribution >= 0.6 is 0 Å². The van der Waals surface area contributed by atoms with E-state index < -0.39 is 30.6 Å². The summed E-state index contributed by atoms with van der Waals surface area (Å²) >= 11 is 0. The summed E-state index contributed by atoms with van der Waals surface area (Å²) in [6.07, 6.45) is -1.42. The van der Waals surface area contributed by atoms with E-state index in [1.807, 2.05) is 0 Å². The summed E-state index contributed by atoms with van der Waals surface area (Å²) in [5.74, 6) is -1.20. The Morgan fingerprint density at radius 2 is 1.66 bits per heavy atom. The van der Waals surface area contributed by atoms with Crippen molar-refractivity contribution in [3.63, 3.8) is 0 Å². The summed E-state index contributed by atoms with van der Waals surface area (Å²) < 4.78 is 4.98. The zero-order valence-corrected chi connectivity index (χ0v) is 16.7. The lowest BCUT2D eigenvalue weighted by molar-refractivity contribution is 0.0794. The van der Waals surface area contributed by atoms with Crippen LogP contribution in [0.15, 0.2) is 0 Å². The van der Waals surface area contributed by atoms with Crippen molar-refractivity contribution in [2.45, 2.75) is 26.9 Å². The standard InChI is InChI=1S/C19H28N2O8/c1-10-15(8-25)11(2)17(21-19(28)29-9-13(5-22)6-23)12(3)16(10)18(27)20-4-14(26)7-24/h8,13-14,22-24,26H,4-7,9H2,1-3H3,(H,20,27)(H,21,28). The van der Waals surface area contributed by atoms with E-state index in [1.165, 1.54) is 0 Å². The van der Waals surface area contributed by atoms with Crippen LogP contribution in [0.3, 0.4) is 0 Å². The van der Waals surface area contributed by atoms with E-state index in [2.05, 4.69) is 10.6 Å². The number of anilines is 1. The van der Waals surface area contributed by atoms with Gasteiger partial charge >= 0.3 is 6.09 Å². The molecule has 1 atom stereocenters. The van der Waals surface area contributed by atoms with Gasteiger partial charge in [-0.3, -0.25) is 14.9 Å². The predicted molar refractivity (Wildman–Crippen MR) is 104 cm³/mol. The van der Waals surface area contributed by atoms with Crippen LogP contribution < -0.4 is 10.6 Å². The summed E-state index contributed by atoms with van der Waals surface area (Å²) in [7, 11) is 0. The third-order valence-electron chi connectivity index (χ3n) is 4.56. The number of aliphatic hydroxyl groups is 4. The maximum absolute atomic E-state index is 12.6. The van der Waals surface area contributed by atoms with E-state index in [4.69, 9.17) is 20.1 Å². The molecule has 0 saturated heterocycles. The molecule has 1 rings (SSSR count). The Morgan fingerprint density at radius 1 is 1.03 bits per heavy atom. The number of aliphatic hydroxyl groups excluding tert-OH is 4. The van der Waals surface area contributed by atoms with Gasteiger partial charge in [-0.25, -0.2) is 4.79 Å². The quantitative estimate of drug-likeness (QED) is 0.284. The molecule has 0 saturated carbocycles. The highest BCUT2D eigenvalue weighted by molar-refractivity contribution is 6.03. The minimum absolute atomic E-state index is 0.154. The van der Waals surface area contributed by atoms with E-state index >= 15 is 0 Å². The summed E-state index contributed by atoms with van der Waals surface area (Å²) in [5, 5.41) is 41.3. The Bertz CT molecular complexity index is 746. The van der Waals surface area contributed by atoms with E-state index in [1.54, 1.807) is 20.8 Å². The Balaban J connectivity index is 3.19. The average Bonchev–Trinajstić information content (AvgIpc) is 2.70. The number of nitrogens with one attached hydrogen (secondary N) is 2. The van der Waals surface area contributed by atoms with Gasteiger partial charge in [-0.2, -0.15) is 0 Å². The highest BCUT2D eigenvalue weighted by Gasteiger charge is 2.23. The van der Waals surface area contributed by atoms with Crippen LogP contribution in [0.5, 0.6) is 0 Å². The number of benzene rings is 1. The molecule has 6 N–H and O–H groups in total. The molecule has 1 unspecified atom stereocenters. The van der Waals surface area contributed by atoms with Gasteiger partial charge < -0.3 is 30.5 Å². The number of hydrogen-bond acceptors (Lipinski definition) is 8. The highest BCUT2D eigenvalue weighted by atomic mass is 16.5. The van der Waals surface area contributed by atoms with Crippen LogP contribution in [0.1, 0.15) is 37.4 Å². The van der Waals surface area contributed by atoms with Crippen molar-refractivity contribution in [1.82, 2.24) is 5.32 Å². The molecular weight excluding hydrogens is 384 g/mol. The molecule has 0 radical (unpaired) electrons. The summed E-state index contributed by atoms with van der Waals surface area (Å²) in [4.78, 5) is 36.3. The minimum Gasteiger partial charge on any atom is -0.449 e. The van der Waals surface area contributed by atoms with Gasteiger partial charge in [0.25, 0.3) is 5.91 Å². The van der Waals surface area contributed by atoms with Crippen LogP contribution in [0.25, 0.3) is 0 Å². The topological polar surface area (TPSA) is 165 Å². The zero-order valence-electron chi connectivity index (χ0n) is 16.7. The lowest BCUT2D eigenvalue weighted by atomic mass is 9.91. The van der Waals surface area contributed by atoms with Crippen molar-refractivity contribution in [2.75, 3.05) is 38.3 Å². The molecule has 162 valence electrons. The minimum atomic E-state index is -1.13. The van der Waals surface area contributed by atoms with E-state index in [9.17, 15) is 19.5 Å². The van der Waals surface area contributed by atoms with Gasteiger partial charge in [0.15, 0.2) is 6.29 Å². The van der Waals surface area contributed by atoms with Crippen LogP contribution in [-0.2, 0) is 4.74 Å². The fourth-order valence-corrected chi connectivity index (χ4v) is 2.80.